The molecule has 0 atom stereocenters. The molecule has 16 heteroatoms. The van der Waals surface area contributed by atoms with E-state index in [0.29, 0.717) is 28.5 Å². The van der Waals surface area contributed by atoms with Crippen LogP contribution in [0.5, 0.6) is 23.0 Å². The number of nitrogens with two attached hydrogens (primary N) is 1. The average Bonchev–Trinajstić information content (AvgIpc) is 3.08. The van der Waals surface area contributed by atoms with Crippen molar-refractivity contribution in [3.8, 4) is 23.0 Å². The number of nitrogens with one attached hydrogen (secondary N) is 2. The number of nitrogens with zero attached hydrogens (tertiary/aromatic N) is 9. The van der Waals surface area contributed by atoms with Crippen molar-refractivity contribution >= 4 is 45.5 Å². The van der Waals surface area contributed by atoms with Gasteiger partial charge in [0.1, 0.15) is 34.4 Å². The minimum Gasteiger partial charge on any atom is -0.457 e. The molecule has 0 saturated carbocycles. The Morgan fingerprint density at radius 1 is 0.717 bits per heavy atom. The third-order valence-corrected chi connectivity index (χ3v) is 6.10. The summed E-state index contributed by atoms with van der Waals surface area (Å²) >= 11 is 0. The third-order valence-electron chi connectivity index (χ3n) is 6.10. The number of azide groups is 1. The van der Waals surface area contributed by atoms with E-state index in [1.807, 2.05) is 0 Å². The van der Waals surface area contributed by atoms with E-state index in [1.165, 1.54) is 19.4 Å². The van der Waals surface area contributed by atoms with Gasteiger partial charge in [-0.1, -0.05) is 0 Å². The Morgan fingerprint density at radius 2 is 1.22 bits per heavy atom. The molecule has 6 rings (SSSR count). The van der Waals surface area contributed by atoms with Crippen molar-refractivity contribution in [2.24, 2.45) is 5.11 Å². The molecule has 0 aliphatic carbocycles. The van der Waals surface area contributed by atoms with Crippen LogP contribution in [0.3, 0.4) is 0 Å². The molecule has 0 bridgehead atoms. The number of anilines is 1. The predicted octanol–water partition coefficient (Wildman–Crippen LogP) is 4.88. The minimum atomic E-state index is -0.294. The molecule has 0 saturated heterocycles. The van der Waals surface area contributed by atoms with Crippen molar-refractivity contribution in [3.05, 3.63) is 107 Å². The van der Waals surface area contributed by atoms with Gasteiger partial charge in [0.05, 0.1) is 11.0 Å². The molecule has 4 heterocycles. The van der Waals surface area contributed by atoms with Crippen molar-refractivity contribution in [1.82, 2.24) is 40.5 Å². The predicted molar refractivity (Wildman–Crippen MR) is 168 cm³/mol. The zero-order chi connectivity index (χ0) is 32.5. The fraction of sp³-hybridized carbons (Fsp3) is 0.0667. The second kappa shape index (κ2) is 14.0. The number of benzene rings is 2. The fourth-order valence-electron chi connectivity index (χ4n) is 3.97. The summed E-state index contributed by atoms with van der Waals surface area (Å²) in [7, 11) is 3.08. The highest BCUT2D eigenvalue weighted by molar-refractivity contribution is 5.93. The van der Waals surface area contributed by atoms with Crippen LogP contribution in [0.25, 0.3) is 32.2 Å². The van der Waals surface area contributed by atoms with Gasteiger partial charge >= 0.3 is 0 Å². The van der Waals surface area contributed by atoms with Crippen LogP contribution < -0.4 is 25.8 Å². The van der Waals surface area contributed by atoms with Crippen molar-refractivity contribution in [3.63, 3.8) is 0 Å². The van der Waals surface area contributed by atoms with Gasteiger partial charge in [-0.15, -0.1) is 0 Å². The maximum absolute atomic E-state index is 11.6. The Hall–Kier alpha value is -6.93. The monoisotopic (exact) mass is 616 g/mol. The largest absolute Gasteiger partial charge is 0.457 e. The van der Waals surface area contributed by atoms with Crippen LogP contribution in [-0.2, 0) is 0 Å². The summed E-state index contributed by atoms with van der Waals surface area (Å²) in [6.07, 6.45) is 6.19. The summed E-state index contributed by atoms with van der Waals surface area (Å²) in [6, 6.07) is 17.0. The van der Waals surface area contributed by atoms with E-state index in [-0.39, 0.29) is 35.1 Å². The van der Waals surface area contributed by atoms with Gasteiger partial charge in [-0.05, 0) is 59.2 Å². The molecule has 0 aliphatic rings. The molecule has 0 spiro atoms. The van der Waals surface area contributed by atoms with E-state index in [0.717, 1.165) is 16.3 Å². The Balaban J connectivity index is 0.000000182. The van der Waals surface area contributed by atoms with Crippen molar-refractivity contribution in [1.29, 1.82) is 0 Å². The summed E-state index contributed by atoms with van der Waals surface area (Å²) < 4.78 is 11.5. The molecule has 0 fully saturated rings. The van der Waals surface area contributed by atoms with Gasteiger partial charge in [0, 0.05) is 66.7 Å². The molecule has 0 aliphatic heterocycles. The van der Waals surface area contributed by atoms with E-state index in [1.54, 1.807) is 80.1 Å². The minimum absolute atomic E-state index is 0.0584. The zero-order valence-electron chi connectivity index (χ0n) is 24.3. The molecule has 6 aromatic rings. The molecule has 2 amide bonds. The zero-order valence-corrected chi connectivity index (χ0v) is 24.3. The molecule has 16 nitrogen and oxygen atoms in total. The molecule has 46 heavy (non-hydrogen) atoms. The number of carbonyl (C=O) groups excluding carboxylic acids is 2. The van der Waals surface area contributed by atoms with Crippen LogP contribution in [-0.4, -0.2) is 55.8 Å². The van der Waals surface area contributed by atoms with Crippen LogP contribution in [0.2, 0.25) is 0 Å². The van der Waals surface area contributed by atoms with Crippen LogP contribution in [0.15, 0.2) is 90.6 Å². The van der Waals surface area contributed by atoms with Crippen molar-refractivity contribution in [2.75, 3.05) is 19.8 Å². The van der Waals surface area contributed by atoms with Gasteiger partial charge in [-0.2, -0.15) is 0 Å². The van der Waals surface area contributed by atoms with Crippen molar-refractivity contribution in [2.45, 2.75) is 0 Å². The Kier molecular flexibility index (Phi) is 9.31. The molecule has 0 radical (unpaired) electrons. The summed E-state index contributed by atoms with van der Waals surface area (Å²) in [4.78, 5) is 49.9. The van der Waals surface area contributed by atoms with E-state index in [4.69, 9.17) is 20.7 Å². The van der Waals surface area contributed by atoms with E-state index in [9.17, 15) is 9.59 Å². The number of amides is 2. The number of pyridine rings is 2. The first-order chi connectivity index (χ1) is 22.3. The summed E-state index contributed by atoms with van der Waals surface area (Å²) in [6.45, 7) is 0. The molecular weight excluding hydrogens is 592 g/mol. The lowest BCUT2D eigenvalue weighted by molar-refractivity contribution is 0.0950. The van der Waals surface area contributed by atoms with Gasteiger partial charge in [-0.25, -0.2) is 19.9 Å². The van der Waals surface area contributed by atoms with Crippen LogP contribution in [0.1, 0.15) is 21.0 Å². The van der Waals surface area contributed by atoms with E-state index < -0.39 is 0 Å². The number of hydrogen-bond acceptors (Lipinski definition) is 12. The van der Waals surface area contributed by atoms with E-state index in [2.05, 4.69) is 50.6 Å². The third kappa shape index (κ3) is 7.52. The second-order valence-electron chi connectivity index (χ2n) is 9.14. The molecule has 228 valence electrons. The second-order valence-corrected chi connectivity index (χ2v) is 9.14. The van der Waals surface area contributed by atoms with Gasteiger partial charge < -0.3 is 25.8 Å². The molecule has 4 N–H and O–H groups in total. The van der Waals surface area contributed by atoms with Crippen LogP contribution >= 0.6 is 0 Å². The number of aromatic nitrogens is 6. The van der Waals surface area contributed by atoms with Crippen LogP contribution in [0, 0.1) is 0 Å². The first kappa shape index (κ1) is 30.5. The van der Waals surface area contributed by atoms with Gasteiger partial charge in [0.25, 0.3) is 11.8 Å². The SMILES string of the molecule is CNC(=O)c1cc(Oc2ccc3nc(N)ncc3c2)ccn1.CNC(=O)c1cc(Oc2ccc3nc(N=[N+]=[N-])ncc3c2)ccn1. The Labute approximate surface area is 260 Å². The van der Waals surface area contributed by atoms with Crippen LogP contribution in [0.4, 0.5) is 11.9 Å². The quantitative estimate of drug-likeness (QED) is 0.124. The average molecular weight is 617 g/mol. The summed E-state index contributed by atoms with van der Waals surface area (Å²) in [5.74, 6) is 1.88. The molecule has 4 aromatic heterocycles. The number of carbonyl (C=O) groups is 2. The lowest BCUT2D eigenvalue weighted by Crippen LogP contribution is -2.18. The number of rotatable bonds is 7. The Bertz CT molecular complexity index is 2120. The topological polar surface area (TPSA) is 229 Å². The lowest BCUT2D eigenvalue weighted by Gasteiger charge is -2.07. The first-order valence-electron chi connectivity index (χ1n) is 13.4. The number of nitrogen functional groups attached to an aromatic ring is 1. The highest BCUT2D eigenvalue weighted by Gasteiger charge is 2.09. The van der Waals surface area contributed by atoms with E-state index >= 15 is 0 Å². The first-order valence-corrected chi connectivity index (χ1v) is 13.4. The highest BCUT2D eigenvalue weighted by Crippen LogP contribution is 2.27. The normalized spacial score (nSPS) is 10.2. The number of ether oxygens (including phenoxy) is 2. The smallest absolute Gasteiger partial charge is 0.269 e. The number of fused-ring (bicyclic) bond motifs is 2. The molecule has 2 aromatic carbocycles. The Morgan fingerprint density at radius 3 is 1.74 bits per heavy atom. The summed E-state index contributed by atoms with van der Waals surface area (Å²) in [5.41, 5.74) is 15.9. The molecular formula is C30H24N12O4. The van der Waals surface area contributed by atoms with Gasteiger partial charge in [0.2, 0.25) is 11.9 Å². The molecule has 0 unspecified atom stereocenters. The number of hydrogen-bond donors (Lipinski definition) is 3. The summed E-state index contributed by atoms with van der Waals surface area (Å²) in [5, 5.41) is 9.92. The van der Waals surface area contributed by atoms with Gasteiger partial charge in [0.15, 0.2) is 0 Å². The van der Waals surface area contributed by atoms with Gasteiger partial charge in [-0.3, -0.25) is 19.6 Å². The lowest BCUT2D eigenvalue weighted by atomic mass is 10.2. The highest BCUT2D eigenvalue weighted by atomic mass is 16.5. The maximum Gasteiger partial charge on any atom is 0.269 e. The standard InChI is InChI=1S/C15H11N7O2.C15H13N5O2/c1-17-14(23)13-7-11(4-5-18-13)24-10-2-3-12-9(6-10)8-19-15(20-12)21-22-16;1-17-14(21)13-7-11(4-5-18-13)22-10-2-3-12-9(6-10)8-19-15(16)20-12/h2-8H,1H3,(H,17,23);2-8H,1H3,(H,17,21)(H2,16,19,20). The van der Waals surface area contributed by atoms with Crippen molar-refractivity contribution < 1.29 is 19.1 Å². The fourth-order valence-corrected chi connectivity index (χ4v) is 3.97. The maximum atomic E-state index is 11.6.